The van der Waals surface area contributed by atoms with E-state index in [2.05, 4.69) is 15.5 Å². The third-order valence-corrected chi connectivity index (χ3v) is 4.75. The Bertz CT molecular complexity index is 556. The second-order valence-electron chi connectivity index (χ2n) is 5.71. The lowest BCUT2D eigenvalue weighted by molar-refractivity contribution is -0.117. The van der Waals surface area contributed by atoms with Crippen LogP contribution in [0, 0.1) is 5.92 Å². The van der Waals surface area contributed by atoms with E-state index in [1.165, 1.54) is 0 Å². The van der Waals surface area contributed by atoms with Crippen LogP contribution in [-0.4, -0.2) is 37.8 Å². The molecular weight excluding hydrogens is 290 g/mol. The topological polar surface area (TPSA) is 64.6 Å². The van der Waals surface area contributed by atoms with E-state index in [9.17, 15) is 9.90 Å². The van der Waals surface area contributed by atoms with Crippen LogP contribution in [0.1, 0.15) is 24.4 Å². The first kappa shape index (κ1) is 14.6. The number of halogens is 1. The predicted molar refractivity (Wildman–Crippen MR) is 83.9 cm³/mol. The van der Waals surface area contributed by atoms with E-state index in [0.29, 0.717) is 10.9 Å². The van der Waals surface area contributed by atoms with Gasteiger partial charge in [-0.05, 0) is 37.9 Å². The first-order valence-electron chi connectivity index (χ1n) is 7.31. The van der Waals surface area contributed by atoms with Gasteiger partial charge in [0.05, 0.1) is 10.7 Å². The molecule has 5 nitrogen and oxygen atoms in total. The molecule has 0 aliphatic carbocycles. The molecule has 3 N–H and O–H groups in total. The standard InChI is InChI=1S/C15H20ClN3O2/c1-17-14-10-6-11(16)13(7-12(10)18-15(14)21)19-4-2-9(8-20)3-5-19/h6-7,9,14,17,20H,2-5,8H2,1H3,(H,18,21). The molecule has 1 aromatic rings. The van der Waals surface area contributed by atoms with Crippen LogP contribution in [-0.2, 0) is 4.79 Å². The molecule has 2 aliphatic heterocycles. The third-order valence-electron chi connectivity index (χ3n) is 4.45. The maximum absolute atomic E-state index is 11.9. The highest BCUT2D eigenvalue weighted by atomic mass is 35.5. The molecule has 1 saturated heterocycles. The van der Waals surface area contributed by atoms with Gasteiger partial charge in [0, 0.05) is 30.9 Å². The number of hydrogen-bond acceptors (Lipinski definition) is 4. The van der Waals surface area contributed by atoms with E-state index in [1.807, 2.05) is 12.1 Å². The lowest BCUT2D eigenvalue weighted by atomic mass is 9.97. The molecule has 0 saturated carbocycles. The van der Waals surface area contributed by atoms with Crippen molar-refractivity contribution >= 4 is 28.9 Å². The number of rotatable bonds is 3. The van der Waals surface area contributed by atoms with Crippen molar-refractivity contribution in [3.8, 4) is 0 Å². The highest BCUT2D eigenvalue weighted by Gasteiger charge is 2.31. The van der Waals surface area contributed by atoms with Gasteiger partial charge in [-0.1, -0.05) is 11.6 Å². The van der Waals surface area contributed by atoms with Gasteiger partial charge in [-0.3, -0.25) is 4.79 Å². The van der Waals surface area contributed by atoms with Crippen molar-refractivity contribution in [1.82, 2.24) is 5.32 Å². The SMILES string of the molecule is CNC1C(=O)Nc2cc(N3CCC(CO)CC3)c(Cl)cc21. The summed E-state index contributed by atoms with van der Waals surface area (Å²) in [4.78, 5) is 14.1. The lowest BCUT2D eigenvalue weighted by Crippen LogP contribution is -2.34. The number of likely N-dealkylation sites (N-methyl/N-ethyl adjacent to an activating group) is 1. The molecular formula is C15H20ClN3O2. The Morgan fingerprint density at radius 2 is 2.14 bits per heavy atom. The van der Waals surface area contributed by atoms with Crippen LogP contribution in [0.4, 0.5) is 11.4 Å². The third kappa shape index (κ3) is 2.61. The van der Waals surface area contributed by atoms with Crippen LogP contribution in [0.3, 0.4) is 0 Å². The second kappa shape index (κ2) is 5.83. The summed E-state index contributed by atoms with van der Waals surface area (Å²) < 4.78 is 0. The number of fused-ring (bicyclic) bond motifs is 1. The van der Waals surface area contributed by atoms with E-state index in [4.69, 9.17) is 11.6 Å². The summed E-state index contributed by atoms with van der Waals surface area (Å²) in [6, 6.07) is 3.52. The van der Waals surface area contributed by atoms with Crippen LogP contribution in [0.25, 0.3) is 0 Å². The van der Waals surface area contributed by atoms with Crippen molar-refractivity contribution in [2.45, 2.75) is 18.9 Å². The van der Waals surface area contributed by atoms with Crippen LogP contribution in [0.2, 0.25) is 5.02 Å². The Labute approximate surface area is 129 Å². The Morgan fingerprint density at radius 3 is 2.76 bits per heavy atom. The number of carbonyl (C=O) groups is 1. The summed E-state index contributed by atoms with van der Waals surface area (Å²) in [5, 5.41) is 15.8. The molecule has 2 heterocycles. The molecule has 0 radical (unpaired) electrons. The zero-order valence-corrected chi connectivity index (χ0v) is 12.8. The number of nitrogens with zero attached hydrogens (tertiary/aromatic N) is 1. The molecule has 0 spiro atoms. The molecule has 0 aromatic heterocycles. The smallest absolute Gasteiger partial charge is 0.246 e. The molecule has 0 bridgehead atoms. The van der Waals surface area contributed by atoms with Crippen molar-refractivity contribution in [2.75, 3.05) is 37.0 Å². The maximum Gasteiger partial charge on any atom is 0.246 e. The fourth-order valence-electron chi connectivity index (χ4n) is 3.16. The van der Waals surface area contributed by atoms with Gasteiger partial charge < -0.3 is 20.6 Å². The van der Waals surface area contributed by atoms with Crippen LogP contribution in [0.5, 0.6) is 0 Å². The largest absolute Gasteiger partial charge is 0.396 e. The number of nitrogens with one attached hydrogen (secondary N) is 2. The summed E-state index contributed by atoms with van der Waals surface area (Å²) >= 11 is 6.42. The van der Waals surface area contributed by atoms with Crippen molar-refractivity contribution in [2.24, 2.45) is 5.92 Å². The number of anilines is 2. The lowest BCUT2D eigenvalue weighted by Gasteiger charge is -2.33. The number of benzene rings is 1. The van der Waals surface area contributed by atoms with Crippen molar-refractivity contribution in [1.29, 1.82) is 0 Å². The van der Waals surface area contributed by atoms with E-state index < -0.39 is 0 Å². The number of piperidine rings is 1. The van der Waals surface area contributed by atoms with E-state index in [-0.39, 0.29) is 18.6 Å². The normalized spacial score (nSPS) is 22.3. The molecule has 1 fully saturated rings. The number of amides is 1. The van der Waals surface area contributed by atoms with Gasteiger partial charge in [-0.25, -0.2) is 0 Å². The summed E-state index contributed by atoms with van der Waals surface area (Å²) in [7, 11) is 1.76. The summed E-state index contributed by atoms with van der Waals surface area (Å²) in [6.07, 6.45) is 1.94. The van der Waals surface area contributed by atoms with Crippen LogP contribution >= 0.6 is 11.6 Å². The zero-order chi connectivity index (χ0) is 15.0. The second-order valence-corrected chi connectivity index (χ2v) is 6.12. The van der Waals surface area contributed by atoms with Gasteiger partial charge in [0.25, 0.3) is 0 Å². The van der Waals surface area contributed by atoms with E-state index in [0.717, 1.165) is 42.9 Å². The first-order chi connectivity index (χ1) is 10.1. The van der Waals surface area contributed by atoms with Crippen LogP contribution in [0.15, 0.2) is 12.1 Å². The van der Waals surface area contributed by atoms with Gasteiger partial charge in [-0.15, -0.1) is 0 Å². The minimum Gasteiger partial charge on any atom is -0.396 e. The molecule has 1 amide bonds. The van der Waals surface area contributed by atoms with Gasteiger partial charge in [0.2, 0.25) is 5.91 Å². The fourth-order valence-corrected chi connectivity index (χ4v) is 3.45. The molecule has 114 valence electrons. The Kier molecular flexibility index (Phi) is 4.06. The quantitative estimate of drug-likeness (QED) is 0.796. The molecule has 2 aliphatic rings. The van der Waals surface area contributed by atoms with Gasteiger partial charge >= 0.3 is 0 Å². The number of aliphatic hydroxyl groups excluding tert-OH is 1. The number of aliphatic hydroxyl groups is 1. The number of hydrogen-bond donors (Lipinski definition) is 3. The molecule has 1 unspecified atom stereocenters. The average molecular weight is 310 g/mol. The fraction of sp³-hybridized carbons (Fsp3) is 0.533. The average Bonchev–Trinajstić information content (AvgIpc) is 2.81. The van der Waals surface area contributed by atoms with Crippen LogP contribution < -0.4 is 15.5 Å². The van der Waals surface area contributed by atoms with Crippen molar-refractivity contribution < 1.29 is 9.90 Å². The predicted octanol–water partition coefficient (Wildman–Crippen LogP) is 1.76. The molecule has 3 rings (SSSR count). The van der Waals surface area contributed by atoms with E-state index in [1.54, 1.807) is 7.05 Å². The maximum atomic E-state index is 11.9. The van der Waals surface area contributed by atoms with Gasteiger partial charge in [-0.2, -0.15) is 0 Å². The summed E-state index contributed by atoms with van der Waals surface area (Å²) in [5.74, 6) is 0.350. The van der Waals surface area contributed by atoms with Crippen molar-refractivity contribution in [3.63, 3.8) is 0 Å². The number of carbonyl (C=O) groups excluding carboxylic acids is 1. The summed E-state index contributed by atoms with van der Waals surface area (Å²) in [6.45, 7) is 2.02. The zero-order valence-electron chi connectivity index (χ0n) is 12.0. The monoisotopic (exact) mass is 309 g/mol. The molecule has 21 heavy (non-hydrogen) atoms. The highest BCUT2D eigenvalue weighted by Crippen LogP contribution is 2.39. The minimum absolute atomic E-state index is 0.0419. The highest BCUT2D eigenvalue weighted by molar-refractivity contribution is 6.33. The Morgan fingerprint density at radius 1 is 1.43 bits per heavy atom. The first-order valence-corrected chi connectivity index (χ1v) is 7.69. The molecule has 6 heteroatoms. The summed E-state index contributed by atoms with van der Waals surface area (Å²) in [5.41, 5.74) is 2.70. The van der Waals surface area contributed by atoms with Gasteiger partial charge in [0.15, 0.2) is 0 Å². The Balaban J connectivity index is 1.86. The molecule has 1 atom stereocenters. The molecule has 1 aromatic carbocycles. The van der Waals surface area contributed by atoms with Crippen molar-refractivity contribution in [3.05, 3.63) is 22.7 Å². The minimum atomic E-state index is -0.327. The van der Waals surface area contributed by atoms with E-state index >= 15 is 0 Å². The van der Waals surface area contributed by atoms with Gasteiger partial charge in [0.1, 0.15) is 6.04 Å². The Hall–Kier alpha value is -1.30.